The molecule has 3 N–H and O–H groups in total. The van der Waals surface area contributed by atoms with E-state index in [-0.39, 0.29) is 29.8 Å². The molecule has 0 spiro atoms. The molecule has 3 aromatic rings. The number of anilines is 1. The first-order valence-corrected chi connectivity index (χ1v) is 13.6. The van der Waals surface area contributed by atoms with Crippen LogP contribution in [0.15, 0.2) is 22.0 Å². The standard InChI is InChI=1S/C23H25BrN4O3S2/c1-28(13-5-3-2-4-6-13)23(31)16-11-14-18(21(30)25-12-7-8-12)19(27-22(14)33-16)26-20(29)15-9-10-17(24)32-15/h9-13,27H,2-8H2,1H3,(H,25,30)(H,26,29). The minimum Gasteiger partial charge on any atom is -0.349 e. The van der Waals surface area contributed by atoms with E-state index in [1.807, 2.05) is 18.0 Å². The maximum Gasteiger partial charge on any atom is 0.266 e. The second-order valence-corrected chi connectivity index (χ2v) is 12.3. The number of nitrogens with zero attached hydrogens (tertiary/aromatic N) is 1. The van der Waals surface area contributed by atoms with Gasteiger partial charge in [0.05, 0.1) is 19.1 Å². The van der Waals surface area contributed by atoms with Gasteiger partial charge in [0.25, 0.3) is 17.7 Å². The van der Waals surface area contributed by atoms with Crippen LogP contribution in [0.5, 0.6) is 0 Å². The number of hydrogen-bond acceptors (Lipinski definition) is 5. The van der Waals surface area contributed by atoms with E-state index in [9.17, 15) is 14.4 Å². The number of nitrogens with one attached hydrogen (secondary N) is 3. The van der Waals surface area contributed by atoms with E-state index < -0.39 is 0 Å². The summed E-state index contributed by atoms with van der Waals surface area (Å²) in [6.45, 7) is 0. The van der Waals surface area contributed by atoms with Crippen LogP contribution in [-0.2, 0) is 0 Å². The Hall–Kier alpha value is -2.17. The van der Waals surface area contributed by atoms with Crippen molar-refractivity contribution in [1.82, 2.24) is 15.2 Å². The van der Waals surface area contributed by atoms with E-state index >= 15 is 0 Å². The van der Waals surface area contributed by atoms with E-state index in [4.69, 9.17) is 0 Å². The van der Waals surface area contributed by atoms with Gasteiger partial charge < -0.3 is 20.5 Å². The second-order valence-electron chi connectivity index (χ2n) is 8.74. The average Bonchev–Trinajstić information content (AvgIpc) is 3.20. The molecule has 0 atom stereocenters. The molecule has 0 bridgehead atoms. The van der Waals surface area contributed by atoms with E-state index in [2.05, 4.69) is 31.5 Å². The largest absolute Gasteiger partial charge is 0.349 e. The van der Waals surface area contributed by atoms with Crippen LogP contribution in [0.25, 0.3) is 10.2 Å². The first-order valence-electron chi connectivity index (χ1n) is 11.2. The second kappa shape index (κ2) is 9.23. The number of thiophene rings is 2. The van der Waals surface area contributed by atoms with E-state index in [1.54, 1.807) is 12.1 Å². The van der Waals surface area contributed by atoms with E-state index in [0.29, 0.717) is 31.4 Å². The number of aromatic amines is 1. The number of carbonyl (C=O) groups excluding carboxylic acids is 3. The monoisotopic (exact) mass is 548 g/mol. The highest BCUT2D eigenvalue weighted by Crippen LogP contribution is 2.35. The van der Waals surface area contributed by atoms with E-state index in [1.165, 1.54) is 29.1 Å². The number of aromatic nitrogens is 1. The highest BCUT2D eigenvalue weighted by Gasteiger charge is 2.30. The van der Waals surface area contributed by atoms with Gasteiger partial charge in [-0.25, -0.2) is 0 Å². The predicted octanol–water partition coefficient (Wildman–Crippen LogP) is 5.60. The Balaban J connectivity index is 1.45. The Morgan fingerprint density at radius 3 is 2.45 bits per heavy atom. The normalized spacial score (nSPS) is 16.7. The van der Waals surface area contributed by atoms with Crippen LogP contribution in [-0.4, -0.2) is 46.7 Å². The van der Waals surface area contributed by atoms with Crippen molar-refractivity contribution in [3.8, 4) is 0 Å². The lowest BCUT2D eigenvalue weighted by atomic mass is 9.94. The summed E-state index contributed by atoms with van der Waals surface area (Å²) < 4.78 is 0.858. The molecule has 0 radical (unpaired) electrons. The zero-order valence-electron chi connectivity index (χ0n) is 18.2. The van der Waals surface area contributed by atoms with Gasteiger partial charge in [0.15, 0.2) is 0 Å². The van der Waals surface area contributed by atoms with Crippen LogP contribution in [0, 0.1) is 0 Å². The molecule has 3 amide bonds. The highest BCUT2D eigenvalue weighted by atomic mass is 79.9. The molecular weight excluding hydrogens is 524 g/mol. The van der Waals surface area contributed by atoms with Crippen molar-refractivity contribution >= 4 is 72.4 Å². The van der Waals surface area contributed by atoms with Gasteiger partial charge >= 0.3 is 0 Å². The summed E-state index contributed by atoms with van der Waals surface area (Å²) in [5.74, 6) is -0.167. The van der Waals surface area contributed by atoms with Gasteiger partial charge in [0.2, 0.25) is 0 Å². The molecule has 0 saturated heterocycles. The van der Waals surface area contributed by atoms with Crippen molar-refractivity contribution in [2.45, 2.75) is 57.0 Å². The minimum absolute atomic E-state index is 0.0147. The Morgan fingerprint density at radius 1 is 1.03 bits per heavy atom. The van der Waals surface area contributed by atoms with Crippen LogP contribution < -0.4 is 10.6 Å². The van der Waals surface area contributed by atoms with Crippen LogP contribution >= 0.6 is 38.6 Å². The van der Waals surface area contributed by atoms with Gasteiger partial charge in [-0.05, 0) is 59.8 Å². The first-order chi connectivity index (χ1) is 15.9. The van der Waals surface area contributed by atoms with Crippen molar-refractivity contribution in [2.24, 2.45) is 0 Å². The molecule has 10 heteroatoms. The molecule has 2 aliphatic rings. The summed E-state index contributed by atoms with van der Waals surface area (Å²) >= 11 is 6.03. The van der Waals surface area contributed by atoms with Crippen molar-refractivity contribution in [2.75, 3.05) is 12.4 Å². The van der Waals surface area contributed by atoms with Crippen molar-refractivity contribution < 1.29 is 14.4 Å². The molecule has 0 aliphatic heterocycles. The SMILES string of the molecule is CN(C(=O)c1cc2c(C(=O)NC3CC3)c(NC(=O)c3ccc(Br)s3)[nH]c2s1)C1CCCCC1. The molecule has 33 heavy (non-hydrogen) atoms. The number of carbonyl (C=O) groups is 3. The maximum atomic E-state index is 13.2. The van der Waals surface area contributed by atoms with E-state index in [0.717, 1.165) is 42.3 Å². The average molecular weight is 550 g/mol. The third kappa shape index (κ3) is 4.74. The third-order valence-electron chi connectivity index (χ3n) is 6.32. The van der Waals surface area contributed by atoms with Gasteiger partial charge in [0.1, 0.15) is 10.6 Å². The van der Waals surface area contributed by atoms with Crippen LogP contribution in [0.1, 0.15) is 74.6 Å². The Morgan fingerprint density at radius 2 is 1.79 bits per heavy atom. The summed E-state index contributed by atoms with van der Waals surface area (Å²) in [6, 6.07) is 5.78. The van der Waals surface area contributed by atoms with Gasteiger partial charge in [-0.15, -0.1) is 22.7 Å². The Labute approximate surface area is 208 Å². The molecule has 3 heterocycles. The molecule has 2 fully saturated rings. The fourth-order valence-electron chi connectivity index (χ4n) is 4.32. The van der Waals surface area contributed by atoms with Crippen LogP contribution in [0.3, 0.4) is 0 Å². The fourth-order valence-corrected chi connectivity index (χ4v) is 6.65. The van der Waals surface area contributed by atoms with Crippen molar-refractivity contribution in [3.05, 3.63) is 37.3 Å². The van der Waals surface area contributed by atoms with Crippen molar-refractivity contribution in [3.63, 3.8) is 0 Å². The number of H-pyrrole nitrogens is 1. The molecule has 2 aliphatic carbocycles. The molecule has 174 valence electrons. The summed E-state index contributed by atoms with van der Waals surface area (Å²) in [7, 11) is 1.87. The molecule has 5 rings (SSSR count). The smallest absolute Gasteiger partial charge is 0.266 e. The zero-order chi connectivity index (χ0) is 23.1. The Bertz CT molecular complexity index is 1220. The molecule has 7 nitrogen and oxygen atoms in total. The number of hydrogen-bond donors (Lipinski definition) is 3. The molecular formula is C23H25BrN4O3S2. The van der Waals surface area contributed by atoms with Crippen LogP contribution in [0.2, 0.25) is 0 Å². The van der Waals surface area contributed by atoms with Gasteiger partial charge in [0, 0.05) is 24.5 Å². The summed E-state index contributed by atoms with van der Waals surface area (Å²) in [4.78, 5) is 45.9. The first kappa shape index (κ1) is 22.6. The van der Waals surface area contributed by atoms with Gasteiger partial charge in [-0.2, -0.15) is 0 Å². The highest BCUT2D eigenvalue weighted by molar-refractivity contribution is 9.11. The summed E-state index contributed by atoms with van der Waals surface area (Å²) in [6.07, 6.45) is 7.54. The van der Waals surface area contributed by atoms with Crippen molar-refractivity contribution in [1.29, 1.82) is 0 Å². The lowest BCUT2D eigenvalue weighted by Crippen LogP contribution is -2.37. The summed E-state index contributed by atoms with van der Waals surface area (Å²) in [5, 5.41) is 6.54. The predicted molar refractivity (Wildman–Crippen MR) is 136 cm³/mol. The molecule has 0 unspecified atom stereocenters. The van der Waals surface area contributed by atoms with Gasteiger partial charge in [-0.3, -0.25) is 14.4 Å². The molecule has 3 aromatic heterocycles. The lowest BCUT2D eigenvalue weighted by Gasteiger charge is -2.30. The molecule has 0 aromatic carbocycles. The number of fused-ring (bicyclic) bond motifs is 1. The topological polar surface area (TPSA) is 94.3 Å². The lowest BCUT2D eigenvalue weighted by molar-refractivity contribution is 0.0700. The number of halogens is 1. The third-order valence-corrected chi connectivity index (χ3v) is 8.98. The quantitative estimate of drug-likeness (QED) is 0.374. The molecule has 2 saturated carbocycles. The number of rotatable bonds is 6. The minimum atomic E-state index is -0.284. The number of amides is 3. The maximum absolute atomic E-state index is 13.2. The summed E-state index contributed by atoms with van der Waals surface area (Å²) in [5.41, 5.74) is 0.386. The van der Waals surface area contributed by atoms with Gasteiger partial charge in [-0.1, -0.05) is 19.3 Å². The Kier molecular flexibility index (Phi) is 6.32. The van der Waals surface area contributed by atoms with Crippen LogP contribution in [0.4, 0.5) is 5.82 Å². The fraction of sp³-hybridized carbons (Fsp3) is 0.435. The zero-order valence-corrected chi connectivity index (χ0v) is 21.4.